The molecule has 1 heterocycles. The number of aromatic nitrogens is 2. The average molecular weight is 290 g/mol. The minimum atomic E-state index is -0.285. The van der Waals surface area contributed by atoms with Crippen LogP contribution >= 0.6 is 11.8 Å². The van der Waals surface area contributed by atoms with Crippen LogP contribution in [-0.4, -0.2) is 27.9 Å². The van der Waals surface area contributed by atoms with Crippen molar-refractivity contribution < 1.29 is 9.53 Å². The molecule has 106 valence electrons. The Hall–Kier alpha value is -1.75. The van der Waals surface area contributed by atoms with E-state index in [0.29, 0.717) is 0 Å². The number of imidazole rings is 1. The maximum atomic E-state index is 11.5. The standard InChI is InChI=1S/C15H18N2O2S/c1-10-5-6-13(9-11(10)2)17-8-7-16-15(17)20-12(3)14(18)19-4/h5-9,12H,1-4H3. The molecule has 0 spiro atoms. The SMILES string of the molecule is COC(=O)C(C)Sc1nccn1-c1ccc(C)c(C)c1. The van der Waals surface area contributed by atoms with Gasteiger partial charge >= 0.3 is 5.97 Å². The summed E-state index contributed by atoms with van der Waals surface area (Å²) in [5, 5.41) is 0.499. The Labute approximate surface area is 123 Å². The zero-order chi connectivity index (χ0) is 14.7. The van der Waals surface area contributed by atoms with Crippen molar-refractivity contribution in [2.24, 2.45) is 0 Å². The Morgan fingerprint density at radius 2 is 2.10 bits per heavy atom. The number of benzene rings is 1. The van der Waals surface area contributed by atoms with Crippen molar-refractivity contribution in [3.05, 3.63) is 41.7 Å². The summed E-state index contributed by atoms with van der Waals surface area (Å²) in [4.78, 5) is 15.8. The first-order valence-corrected chi connectivity index (χ1v) is 7.26. The van der Waals surface area contributed by atoms with Gasteiger partial charge in [0, 0.05) is 18.1 Å². The normalized spacial score (nSPS) is 12.2. The Morgan fingerprint density at radius 3 is 2.75 bits per heavy atom. The molecule has 5 heteroatoms. The summed E-state index contributed by atoms with van der Waals surface area (Å²) in [6, 6.07) is 6.25. The fraction of sp³-hybridized carbons (Fsp3) is 0.333. The second-order valence-electron chi connectivity index (χ2n) is 4.63. The van der Waals surface area contributed by atoms with Gasteiger partial charge in [0.15, 0.2) is 5.16 Å². The van der Waals surface area contributed by atoms with E-state index in [0.717, 1.165) is 10.8 Å². The quantitative estimate of drug-likeness (QED) is 0.641. The molecule has 0 aliphatic rings. The van der Waals surface area contributed by atoms with Crippen LogP contribution in [0.5, 0.6) is 0 Å². The van der Waals surface area contributed by atoms with Gasteiger partial charge in [-0.1, -0.05) is 17.8 Å². The Kier molecular flexibility index (Phi) is 4.49. The molecule has 1 atom stereocenters. The molecule has 0 saturated carbocycles. The first-order chi connectivity index (χ1) is 9.52. The third kappa shape index (κ3) is 3.04. The molecule has 0 saturated heterocycles. The van der Waals surface area contributed by atoms with Crippen LogP contribution in [0, 0.1) is 13.8 Å². The largest absolute Gasteiger partial charge is 0.468 e. The molecule has 1 aromatic carbocycles. The van der Waals surface area contributed by atoms with Crippen LogP contribution in [-0.2, 0) is 9.53 Å². The van der Waals surface area contributed by atoms with Crippen LogP contribution in [0.3, 0.4) is 0 Å². The second-order valence-corrected chi connectivity index (χ2v) is 5.94. The topological polar surface area (TPSA) is 44.1 Å². The van der Waals surface area contributed by atoms with Crippen LogP contribution in [0.25, 0.3) is 5.69 Å². The lowest BCUT2D eigenvalue weighted by molar-refractivity contribution is -0.139. The van der Waals surface area contributed by atoms with Crippen LogP contribution in [0.2, 0.25) is 0 Å². The number of thioether (sulfide) groups is 1. The van der Waals surface area contributed by atoms with E-state index in [4.69, 9.17) is 4.74 Å². The molecule has 0 bridgehead atoms. The lowest BCUT2D eigenvalue weighted by atomic mass is 10.1. The number of carbonyl (C=O) groups excluding carboxylic acids is 1. The minimum Gasteiger partial charge on any atom is -0.468 e. The van der Waals surface area contributed by atoms with E-state index < -0.39 is 0 Å². The maximum absolute atomic E-state index is 11.5. The van der Waals surface area contributed by atoms with Crippen molar-refractivity contribution >= 4 is 17.7 Å². The number of carbonyl (C=O) groups is 1. The lowest BCUT2D eigenvalue weighted by Gasteiger charge is -2.12. The van der Waals surface area contributed by atoms with E-state index >= 15 is 0 Å². The predicted molar refractivity (Wildman–Crippen MR) is 80.4 cm³/mol. The number of esters is 1. The summed E-state index contributed by atoms with van der Waals surface area (Å²) in [6.07, 6.45) is 3.64. The molecule has 0 fully saturated rings. The van der Waals surface area contributed by atoms with E-state index in [-0.39, 0.29) is 11.2 Å². The molecule has 1 aromatic heterocycles. The highest BCUT2D eigenvalue weighted by atomic mass is 32.2. The zero-order valence-electron chi connectivity index (χ0n) is 12.1. The van der Waals surface area contributed by atoms with E-state index in [1.165, 1.54) is 30.0 Å². The van der Waals surface area contributed by atoms with Crippen molar-refractivity contribution in [2.75, 3.05) is 7.11 Å². The summed E-state index contributed by atoms with van der Waals surface area (Å²) < 4.78 is 6.73. The Bertz CT molecular complexity index is 622. The van der Waals surface area contributed by atoms with Crippen LogP contribution in [0.15, 0.2) is 35.7 Å². The number of methoxy groups -OCH3 is 1. The van der Waals surface area contributed by atoms with Gasteiger partial charge in [-0.2, -0.15) is 0 Å². The van der Waals surface area contributed by atoms with Crippen LogP contribution in [0.1, 0.15) is 18.1 Å². The molecule has 20 heavy (non-hydrogen) atoms. The van der Waals surface area contributed by atoms with Gasteiger partial charge in [0.05, 0.1) is 7.11 Å². The molecule has 0 aliphatic carbocycles. The summed E-state index contributed by atoms with van der Waals surface area (Å²) in [5.74, 6) is -0.246. The first kappa shape index (κ1) is 14.7. The number of ether oxygens (including phenoxy) is 1. The number of nitrogens with zero attached hydrogens (tertiary/aromatic N) is 2. The molecule has 0 radical (unpaired) electrons. The highest BCUT2D eigenvalue weighted by molar-refractivity contribution is 8.00. The number of hydrogen-bond acceptors (Lipinski definition) is 4. The van der Waals surface area contributed by atoms with Gasteiger partial charge in [-0.3, -0.25) is 9.36 Å². The molecule has 0 aliphatic heterocycles. The van der Waals surface area contributed by atoms with Gasteiger partial charge in [-0.15, -0.1) is 0 Å². The van der Waals surface area contributed by atoms with Crippen molar-refractivity contribution in [1.29, 1.82) is 0 Å². The molecule has 2 aromatic rings. The van der Waals surface area contributed by atoms with E-state index in [1.807, 2.05) is 17.7 Å². The molecule has 0 N–H and O–H groups in total. The third-order valence-corrected chi connectivity index (χ3v) is 4.25. The third-order valence-electron chi connectivity index (χ3n) is 3.19. The highest BCUT2D eigenvalue weighted by Crippen LogP contribution is 2.25. The van der Waals surface area contributed by atoms with Gasteiger partial charge in [-0.05, 0) is 44.0 Å². The monoisotopic (exact) mass is 290 g/mol. The van der Waals surface area contributed by atoms with Gasteiger partial charge in [0.25, 0.3) is 0 Å². The summed E-state index contributed by atoms with van der Waals surface area (Å²) >= 11 is 1.39. The van der Waals surface area contributed by atoms with Gasteiger partial charge in [-0.25, -0.2) is 4.98 Å². The van der Waals surface area contributed by atoms with Crippen molar-refractivity contribution in [2.45, 2.75) is 31.2 Å². The Morgan fingerprint density at radius 1 is 1.35 bits per heavy atom. The van der Waals surface area contributed by atoms with E-state index in [9.17, 15) is 4.79 Å². The second kappa shape index (κ2) is 6.13. The predicted octanol–water partition coefficient (Wildman–Crippen LogP) is 3.14. The van der Waals surface area contributed by atoms with Crippen molar-refractivity contribution in [1.82, 2.24) is 9.55 Å². The lowest BCUT2D eigenvalue weighted by Crippen LogP contribution is -2.15. The molecular formula is C15H18N2O2S. The maximum Gasteiger partial charge on any atom is 0.318 e. The molecule has 0 amide bonds. The number of hydrogen-bond donors (Lipinski definition) is 0. The number of aryl methyl sites for hydroxylation is 2. The van der Waals surface area contributed by atoms with Gasteiger partial charge in [0.2, 0.25) is 0 Å². The molecular weight excluding hydrogens is 272 g/mol. The van der Waals surface area contributed by atoms with E-state index in [1.54, 1.807) is 6.20 Å². The molecule has 2 rings (SSSR count). The zero-order valence-corrected chi connectivity index (χ0v) is 12.9. The van der Waals surface area contributed by atoms with Crippen molar-refractivity contribution in [3.63, 3.8) is 0 Å². The fourth-order valence-corrected chi connectivity index (χ4v) is 2.73. The minimum absolute atomic E-state index is 0.246. The van der Waals surface area contributed by atoms with Gasteiger partial charge < -0.3 is 4.74 Å². The van der Waals surface area contributed by atoms with Crippen molar-refractivity contribution in [3.8, 4) is 5.69 Å². The average Bonchev–Trinajstić information content (AvgIpc) is 2.89. The Balaban J connectivity index is 2.28. The molecule has 4 nitrogen and oxygen atoms in total. The first-order valence-electron chi connectivity index (χ1n) is 6.38. The summed E-state index contributed by atoms with van der Waals surface area (Å²) in [7, 11) is 1.40. The van der Waals surface area contributed by atoms with Crippen LogP contribution < -0.4 is 0 Å². The number of rotatable bonds is 4. The van der Waals surface area contributed by atoms with Crippen LogP contribution in [0.4, 0.5) is 0 Å². The highest BCUT2D eigenvalue weighted by Gasteiger charge is 2.18. The molecule has 1 unspecified atom stereocenters. The van der Waals surface area contributed by atoms with E-state index in [2.05, 4.69) is 37.0 Å². The van der Waals surface area contributed by atoms with Gasteiger partial charge in [0.1, 0.15) is 5.25 Å². The fourth-order valence-electron chi connectivity index (χ4n) is 1.82. The summed E-state index contributed by atoms with van der Waals surface area (Å²) in [6.45, 7) is 5.98. The summed E-state index contributed by atoms with van der Waals surface area (Å²) in [5.41, 5.74) is 3.53. The smallest absolute Gasteiger partial charge is 0.318 e.